The van der Waals surface area contributed by atoms with Crippen molar-refractivity contribution in [2.24, 2.45) is 0 Å². The monoisotopic (exact) mass is 468 g/mol. The zero-order valence-corrected chi connectivity index (χ0v) is 18.3. The minimum atomic E-state index is -4.40. The number of rotatable bonds is 6. The van der Waals surface area contributed by atoms with Gasteiger partial charge < -0.3 is 10.0 Å². The topological polar surface area (TPSA) is 60.9 Å². The summed E-state index contributed by atoms with van der Waals surface area (Å²) in [7, 11) is 0. The number of carbonyl (C=O) groups excluding carboxylic acids is 1. The standard InChI is InChI=1S/C23H24ClF3N2O3/c1-15-13-28(14-18-11-20(24)7-4-17(18)12-22(31)32)8-9-29(15)21(30)10-16-2-5-19(6-3-16)23(25,26)27/h2-7,11,15H,8-10,12-14H2,1H3,(H,31,32). The van der Waals surface area contributed by atoms with E-state index in [1.165, 1.54) is 12.1 Å². The summed E-state index contributed by atoms with van der Waals surface area (Å²) in [6.07, 6.45) is -4.45. The second kappa shape index (κ2) is 9.92. The van der Waals surface area contributed by atoms with E-state index in [9.17, 15) is 22.8 Å². The molecule has 1 heterocycles. The van der Waals surface area contributed by atoms with E-state index in [0.717, 1.165) is 17.7 Å². The largest absolute Gasteiger partial charge is 0.481 e. The number of carboxylic acid groups (broad SMARTS) is 1. The molecule has 1 atom stereocenters. The summed E-state index contributed by atoms with van der Waals surface area (Å²) in [5.74, 6) is -1.05. The van der Waals surface area contributed by atoms with Gasteiger partial charge in [0, 0.05) is 37.2 Å². The maximum atomic E-state index is 12.7. The number of carbonyl (C=O) groups is 2. The first kappa shape index (κ1) is 24.1. The third-order valence-electron chi connectivity index (χ3n) is 5.57. The molecule has 0 aromatic heterocycles. The van der Waals surface area contributed by atoms with Crippen LogP contribution in [0, 0.1) is 0 Å². The summed E-state index contributed by atoms with van der Waals surface area (Å²) in [6, 6.07) is 9.73. The number of amides is 1. The lowest BCUT2D eigenvalue weighted by atomic mass is 10.0. The second-order valence-corrected chi connectivity index (χ2v) is 8.46. The van der Waals surface area contributed by atoms with Gasteiger partial charge in [-0.05, 0) is 47.9 Å². The van der Waals surface area contributed by atoms with E-state index in [-0.39, 0.29) is 24.8 Å². The maximum Gasteiger partial charge on any atom is 0.416 e. The third kappa shape index (κ3) is 6.23. The molecule has 1 amide bonds. The van der Waals surface area contributed by atoms with E-state index in [0.29, 0.717) is 42.3 Å². The van der Waals surface area contributed by atoms with Crippen LogP contribution in [0.1, 0.15) is 29.2 Å². The van der Waals surface area contributed by atoms with Crippen molar-refractivity contribution in [2.75, 3.05) is 19.6 Å². The predicted octanol–water partition coefficient (Wildman–Crippen LogP) is 4.26. The fourth-order valence-corrected chi connectivity index (χ4v) is 4.15. The van der Waals surface area contributed by atoms with Crippen molar-refractivity contribution in [3.05, 3.63) is 69.7 Å². The van der Waals surface area contributed by atoms with E-state index in [2.05, 4.69) is 4.90 Å². The van der Waals surface area contributed by atoms with Crippen molar-refractivity contribution in [1.82, 2.24) is 9.80 Å². The van der Waals surface area contributed by atoms with E-state index >= 15 is 0 Å². The highest BCUT2D eigenvalue weighted by Gasteiger charge is 2.31. The summed E-state index contributed by atoms with van der Waals surface area (Å²) in [5, 5.41) is 9.67. The van der Waals surface area contributed by atoms with Crippen LogP contribution in [-0.2, 0) is 35.2 Å². The Morgan fingerprint density at radius 3 is 2.34 bits per heavy atom. The Bertz CT molecular complexity index is 979. The molecule has 1 unspecified atom stereocenters. The highest BCUT2D eigenvalue weighted by atomic mass is 35.5. The smallest absolute Gasteiger partial charge is 0.416 e. The lowest BCUT2D eigenvalue weighted by molar-refractivity contribution is -0.138. The van der Waals surface area contributed by atoms with Crippen molar-refractivity contribution in [3.63, 3.8) is 0 Å². The average Bonchev–Trinajstić information content (AvgIpc) is 2.69. The minimum Gasteiger partial charge on any atom is -0.481 e. The Morgan fingerprint density at radius 2 is 1.75 bits per heavy atom. The normalized spacial score (nSPS) is 17.4. The molecule has 0 saturated carbocycles. The molecule has 0 aliphatic carbocycles. The molecular weight excluding hydrogens is 445 g/mol. The number of halogens is 4. The number of hydrogen-bond donors (Lipinski definition) is 1. The zero-order valence-electron chi connectivity index (χ0n) is 17.5. The lowest BCUT2D eigenvalue weighted by Gasteiger charge is -2.40. The molecule has 0 radical (unpaired) electrons. The van der Waals surface area contributed by atoms with Crippen molar-refractivity contribution in [3.8, 4) is 0 Å². The molecule has 0 bridgehead atoms. The number of aliphatic carboxylic acids is 1. The van der Waals surface area contributed by atoms with Crippen LogP contribution in [-0.4, -0.2) is 52.5 Å². The molecular formula is C23H24ClF3N2O3. The quantitative estimate of drug-likeness (QED) is 0.688. The van der Waals surface area contributed by atoms with Gasteiger partial charge in [0.1, 0.15) is 0 Å². The van der Waals surface area contributed by atoms with Gasteiger partial charge in [-0.3, -0.25) is 14.5 Å². The van der Waals surface area contributed by atoms with Gasteiger partial charge in [-0.1, -0.05) is 29.8 Å². The summed E-state index contributed by atoms with van der Waals surface area (Å²) in [4.78, 5) is 27.8. The molecule has 5 nitrogen and oxygen atoms in total. The van der Waals surface area contributed by atoms with E-state index in [1.54, 1.807) is 23.1 Å². The highest BCUT2D eigenvalue weighted by Crippen LogP contribution is 2.29. The summed E-state index contributed by atoms with van der Waals surface area (Å²) in [5.41, 5.74) is 1.35. The summed E-state index contributed by atoms with van der Waals surface area (Å²) in [6.45, 7) is 4.12. The second-order valence-electron chi connectivity index (χ2n) is 8.03. The molecule has 9 heteroatoms. The van der Waals surface area contributed by atoms with Crippen LogP contribution in [0.5, 0.6) is 0 Å². The SMILES string of the molecule is CC1CN(Cc2cc(Cl)ccc2CC(=O)O)CCN1C(=O)Cc1ccc(C(F)(F)F)cc1. The molecule has 1 N–H and O–H groups in total. The fraction of sp³-hybridized carbons (Fsp3) is 0.391. The number of nitrogens with zero attached hydrogens (tertiary/aromatic N) is 2. The van der Waals surface area contributed by atoms with Gasteiger partial charge in [-0.25, -0.2) is 0 Å². The Morgan fingerprint density at radius 1 is 1.06 bits per heavy atom. The minimum absolute atomic E-state index is 0.0412. The molecule has 32 heavy (non-hydrogen) atoms. The van der Waals surface area contributed by atoms with Crippen molar-refractivity contribution in [2.45, 2.75) is 38.5 Å². The number of benzene rings is 2. The predicted molar refractivity (Wildman–Crippen MR) is 114 cm³/mol. The molecule has 172 valence electrons. The van der Waals surface area contributed by atoms with Crippen LogP contribution in [0.25, 0.3) is 0 Å². The highest BCUT2D eigenvalue weighted by molar-refractivity contribution is 6.30. The molecule has 0 spiro atoms. The molecule has 1 fully saturated rings. The number of carboxylic acids is 1. The van der Waals surface area contributed by atoms with Crippen molar-refractivity contribution < 1.29 is 27.9 Å². The van der Waals surface area contributed by atoms with Gasteiger partial charge in [0.05, 0.1) is 18.4 Å². The van der Waals surface area contributed by atoms with Gasteiger partial charge in [0.2, 0.25) is 5.91 Å². The molecule has 1 aliphatic rings. The molecule has 1 aliphatic heterocycles. The van der Waals surface area contributed by atoms with Crippen LogP contribution >= 0.6 is 11.6 Å². The van der Waals surface area contributed by atoms with Crippen molar-refractivity contribution in [1.29, 1.82) is 0 Å². The Labute approximate surface area is 189 Å². The van der Waals surface area contributed by atoms with Gasteiger partial charge in [0.15, 0.2) is 0 Å². The Balaban J connectivity index is 1.60. The number of alkyl halides is 3. The van der Waals surface area contributed by atoms with Gasteiger partial charge in [-0.15, -0.1) is 0 Å². The fourth-order valence-electron chi connectivity index (χ4n) is 3.95. The summed E-state index contributed by atoms with van der Waals surface area (Å²) < 4.78 is 38.1. The lowest BCUT2D eigenvalue weighted by Crippen LogP contribution is -2.54. The number of hydrogen-bond acceptors (Lipinski definition) is 3. The van der Waals surface area contributed by atoms with Crippen LogP contribution < -0.4 is 0 Å². The van der Waals surface area contributed by atoms with Crippen LogP contribution in [0.15, 0.2) is 42.5 Å². The van der Waals surface area contributed by atoms with Gasteiger partial charge in [0.25, 0.3) is 0 Å². The zero-order chi connectivity index (χ0) is 23.5. The van der Waals surface area contributed by atoms with Crippen LogP contribution in [0.3, 0.4) is 0 Å². The number of piperazine rings is 1. The third-order valence-corrected chi connectivity index (χ3v) is 5.81. The Kier molecular flexibility index (Phi) is 7.46. The van der Waals surface area contributed by atoms with Gasteiger partial charge >= 0.3 is 12.1 Å². The van der Waals surface area contributed by atoms with Crippen LogP contribution in [0.2, 0.25) is 5.02 Å². The van der Waals surface area contributed by atoms with Crippen LogP contribution in [0.4, 0.5) is 13.2 Å². The average molecular weight is 469 g/mol. The molecule has 1 saturated heterocycles. The molecule has 3 rings (SSSR count). The first-order valence-electron chi connectivity index (χ1n) is 10.2. The van der Waals surface area contributed by atoms with E-state index < -0.39 is 17.7 Å². The molecule has 2 aromatic rings. The molecule has 2 aromatic carbocycles. The first-order valence-corrected chi connectivity index (χ1v) is 10.6. The maximum absolute atomic E-state index is 12.7. The van der Waals surface area contributed by atoms with E-state index in [4.69, 9.17) is 16.7 Å². The summed E-state index contributed by atoms with van der Waals surface area (Å²) >= 11 is 6.09. The van der Waals surface area contributed by atoms with E-state index in [1.807, 2.05) is 6.92 Å². The van der Waals surface area contributed by atoms with Crippen molar-refractivity contribution >= 4 is 23.5 Å². The Hall–Kier alpha value is -2.58. The van der Waals surface area contributed by atoms with Gasteiger partial charge in [-0.2, -0.15) is 13.2 Å². The first-order chi connectivity index (χ1) is 15.0.